The Labute approximate surface area is 135 Å². The van der Waals surface area contributed by atoms with Crippen molar-refractivity contribution in [2.24, 2.45) is 0 Å². The molecule has 4 N–H and O–H groups in total. The van der Waals surface area contributed by atoms with Crippen LogP contribution in [0.4, 0.5) is 0 Å². The average Bonchev–Trinajstić information content (AvgIpc) is 2.19. The molecule has 108 valence electrons. The molecule has 6 heteroatoms. The fraction of sp³-hybridized carbons (Fsp3) is 1.00. The monoisotopic (exact) mass is 291 g/mol. The van der Waals surface area contributed by atoms with Crippen LogP contribution in [0.2, 0.25) is 0 Å². The third kappa shape index (κ3) is 22.1. The quantitative estimate of drug-likeness (QED) is 0.347. The molecule has 18 heavy (non-hydrogen) atoms. The normalized spacial score (nSPS) is 10.6. The van der Waals surface area contributed by atoms with E-state index in [4.69, 9.17) is 4.55 Å². The van der Waals surface area contributed by atoms with E-state index in [9.17, 15) is 8.42 Å². The summed E-state index contributed by atoms with van der Waals surface area (Å²) in [6.07, 6.45) is 11.7. The maximum atomic E-state index is 10.4. The zero-order valence-corrected chi connectivity index (χ0v) is 12.0. The third-order valence-corrected chi connectivity index (χ3v) is 3.56. The summed E-state index contributed by atoms with van der Waals surface area (Å²) in [5, 5.41) is 0. The first-order valence-electron chi connectivity index (χ1n) is 6.51. The van der Waals surface area contributed by atoms with Gasteiger partial charge in [0.15, 0.2) is 0 Å². The Morgan fingerprint density at radius 1 is 0.778 bits per heavy atom. The first kappa shape index (κ1) is 23.9. The molecule has 0 aromatic rings. The van der Waals surface area contributed by atoms with Crippen LogP contribution in [0, 0.1) is 0 Å². The molecule has 0 heterocycles. The van der Waals surface area contributed by atoms with Crippen LogP contribution >= 0.6 is 0 Å². The molecule has 0 aliphatic heterocycles. The molecule has 0 aliphatic carbocycles. The van der Waals surface area contributed by atoms with Gasteiger partial charge in [-0.05, 0) is 6.42 Å². The molecule has 0 fully saturated rings. The van der Waals surface area contributed by atoms with Gasteiger partial charge >= 0.3 is 29.6 Å². The van der Waals surface area contributed by atoms with E-state index in [1.165, 1.54) is 44.9 Å². The fourth-order valence-electron chi connectivity index (χ4n) is 1.77. The minimum absolute atomic E-state index is 0. The second-order valence-corrected chi connectivity index (χ2v) is 6.04. The van der Waals surface area contributed by atoms with Crippen LogP contribution in [-0.2, 0) is 10.1 Å². The van der Waals surface area contributed by atoms with E-state index in [0.29, 0.717) is 6.42 Å². The summed E-state index contributed by atoms with van der Waals surface area (Å²) in [7, 11) is -3.73. The minimum atomic E-state index is -3.73. The summed E-state index contributed by atoms with van der Waals surface area (Å²) < 4.78 is 29.4. The van der Waals surface area contributed by atoms with Crippen molar-refractivity contribution in [2.75, 3.05) is 5.75 Å². The molecule has 0 unspecified atom stereocenters. The van der Waals surface area contributed by atoms with Gasteiger partial charge in [0.2, 0.25) is 0 Å². The topological polar surface area (TPSA) is 89.4 Å². The van der Waals surface area contributed by atoms with E-state index in [1.807, 2.05) is 0 Å². The van der Waals surface area contributed by atoms with Gasteiger partial charge < -0.3 is 6.15 Å². The summed E-state index contributed by atoms with van der Waals surface area (Å²) in [6, 6.07) is 0. The summed E-state index contributed by atoms with van der Waals surface area (Å²) in [5.74, 6) is -0.0799. The number of hydrogen-bond donors (Lipinski definition) is 2. The van der Waals surface area contributed by atoms with E-state index >= 15 is 0 Å². The van der Waals surface area contributed by atoms with Crippen molar-refractivity contribution in [1.29, 1.82) is 0 Å². The molecule has 0 aromatic heterocycles. The fourth-order valence-corrected chi connectivity index (χ4v) is 2.34. The molecule has 0 aromatic carbocycles. The van der Waals surface area contributed by atoms with Gasteiger partial charge in [-0.1, -0.05) is 64.7 Å². The second-order valence-electron chi connectivity index (χ2n) is 4.47. The van der Waals surface area contributed by atoms with Crippen molar-refractivity contribution < 1.29 is 13.0 Å². The van der Waals surface area contributed by atoms with Crippen molar-refractivity contribution in [1.82, 2.24) is 6.15 Å². The molecule has 0 bridgehead atoms. The SMILES string of the molecule is CCCCCCCCCCCCS(=O)(=O)O.N.[NaH]. The van der Waals surface area contributed by atoms with E-state index in [2.05, 4.69) is 6.92 Å². The molecule has 0 amide bonds. The maximum absolute atomic E-state index is 10.4. The summed E-state index contributed by atoms with van der Waals surface area (Å²) >= 11 is 0. The molecule has 0 spiro atoms. The van der Waals surface area contributed by atoms with Gasteiger partial charge in [0.05, 0.1) is 5.75 Å². The number of hydrogen-bond acceptors (Lipinski definition) is 3. The molecule has 0 radical (unpaired) electrons. The predicted octanol–water partition coefficient (Wildman–Crippen LogP) is 3.31. The molecule has 4 nitrogen and oxygen atoms in total. The Balaban J connectivity index is -0.00000112. The van der Waals surface area contributed by atoms with Gasteiger partial charge in [-0.25, -0.2) is 0 Å². The van der Waals surface area contributed by atoms with Crippen molar-refractivity contribution in [3.63, 3.8) is 0 Å². The van der Waals surface area contributed by atoms with Gasteiger partial charge in [-0.15, -0.1) is 0 Å². The molecule has 0 saturated heterocycles. The Kier molecular flexibility index (Phi) is 21.2. The predicted molar refractivity (Wildman–Crippen MR) is 80.4 cm³/mol. The van der Waals surface area contributed by atoms with Gasteiger partial charge in [-0.3, -0.25) is 4.55 Å². The Hall–Kier alpha value is 0.870. The van der Waals surface area contributed by atoms with Gasteiger partial charge in [0, 0.05) is 0 Å². The van der Waals surface area contributed by atoms with E-state index in [1.54, 1.807) is 0 Å². The van der Waals surface area contributed by atoms with Crippen LogP contribution in [0.25, 0.3) is 0 Å². The molecular weight excluding hydrogens is 261 g/mol. The summed E-state index contributed by atoms with van der Waals surface area (Å²) in [5.41, 5.74) is 0. The van der Waals surface area contributed by atoms with Crippen LogP contribution in [0.15, 0.2) is 0 Å². The summed E-state index contributed by atoms with van der Waals surface area (Å²) in [4.78, 5) is 0. The van der Waals surface area contributed by atoms with E-state index in [-0.39, 0.29) is 41.5 Å². The Morgan fingerprint density at radius 2 is 1.11 bits per heavy atom. The van der Waals surface area contributed by atoms with Crippen molar-refractivity contribution in [3.8, 4) is 0 Å². The van der Waals surface area contributed by atoms with Crippen LogP contribution in [0.1, 0.15) is 71.1 Å². The molecule has 0 aliphatic rings. The van der Waals surface area contributed by atoms with Crippen molar-refractivity contribution in [3.05, 3.63) is 0 Å². The van der Waals surface area contributed by atoms with Crippen LogP contribution in [0.5, 0.6) is 0 Å². The van der Waals surface area contributed by atoms with Crippen LogP contribution < -0.4 is 6.15 Å². The van der Waals surface area contributed by atoms with E-state index < -0.39 is 10.1 Å². The summed E-state index contributed by atoms with van der Waals surface area (Å²) in [6.45, 7) is 2.22. The number of unbranched alkanes of at least 4 members (excludes halogenated alkanes) is 9. The zero-order chi connectivity index (χ0) is 12.3. The standard InChI is InChI=1S/C12H26O3S.H3N.Na.H/c1-2-3-4-5-6-7-8-9-10-11-12-16(13,14)15;;;/h2-12H2,1H3,(H,13,14,15);1H3;;. The van der Waals surface area contributed by atoms with Gasteiger partial charge in [0.1, 0.15) is 0 Å². The van der Waals surface area contributed by atoms with Crippen LogP contribution in [-0.4, -0.2) is 48.3 Å². The first-order valence-corrected chi connectivity index (χ1v) is 8.12. The Morgan fingerprint density at radius 3 is 1.44 bits per heavy atom. The third-order valence-electron chi connectivity index (χ3n) is 2.76. The van der Waals surface area contributed by atoms with Gasteiger partial charge in [-0.2, -0.15) is 8.42 Å². The average molecular weight is 291 g/mol. The van der Waals surface area contributed by atoms with Crippen molar-refractivity contribution >= 4 is 39.7 Å². The van der Waals surface area contributed by atoms with Crippen LogP contribution in [0.3, 0.4) is 0 Å². The second kappa shape index (κ2) is 15.9. The molecular formula is C12H30NNaO3S. The molecule has 0 atom stereocenters. The Bertz CT molecular complexity index is 246. The zero-order valence-electron chi connectivity index (χ0n) is 11.2. The van der Waals surface area contributed by atoms with Crippen molar-refractivity contribution in [2.45, 2.75) is 71.1 Å². The molecule has 0 saturated carbocycles. The molecule has 0 rings (SSSR count). The first-order chi connectivity index (χ1) is 7.56. The van der Waals surface area contributed by atoms with Gasteiger partial charge in [0.25, 0.3) is 10.1 Å². The van der Waals surface area contributed by atoms with E-state index in [0.717, 1.165) is 12.8 Å². The number of rotatable bonds is 11.